The normalized spacial score (nSPS) is 11.5. The zero-order valence-electron chi connectivity index (χ0n) is 16.4. The summed E-state index contributed by atoms with van der Waals surface area (Å²) < 4.78 is 0. The summed E-state index contributed by atoms with van der Waals surface area (Å²) in [5.74, 6) is -3.10. The Morgan fingerprint density at radius 3 is 2.30 bits per heavy atom. The third-order valence-corrected chi connectivity index (χ3v) is 4.50. The molecule has 1 unspecified atom stereocenters. The van der Waals surface area contributed by atoms with E-state index in [1.165, 1.54) is 6.07 Å². The van der Waals surface area contributed by atoms with Gasteiger partial charge in [0, 0.05) is 18.5 Å². The van der Waals surface area contributed by atoms with E-state index in [9.17, 15) is 34.8 Å². The monoisotopic (exact) mass is 416 g/mol. The van der Waals surface area contributed by atoms with Gasteiger partial charge in [-0.2, -0.15) is 0 Å². The Balaban J connectivity index is 1.82. The van der Waals surface area contributed by atoms with Crippen molar-refractivity contribution in [3.63, 3.8) is 0 Å². The number of carboxylic acid groups (broad SMARTS) is 1. The SMILES string of the molecule is Cc1cc(CCNC(=O)CCC(NC(=O)c2ccc(O)c(O)c2)C(=O)O)ccc1O. The van der Waals surface area contributed by atoms with E-state index in [0.29, 0.717) is 13.0 Å². The number of rotatable bonds is 9. The van der Waals surface area contributed by atoms with Crippen molar-refractivity contribution in [1.29, 1.82) is 0 Å². The van der Waals surface area contributed by atoms with Gasteiger partial charge >= 0.3 is 5.97 Å². The molecule has 0 saturated heterocycles. The minimum atomic E-state index is -1.29. The highest BCUT2D eigenvalue weighted by molar-refractivity contribution is 5.97. The lowest BCUT2D eigenvalue weighted by Gasteiger charge is -2.15. The van der Waals surface area contributed by atoms with Gasteiger partial charge in [-0.1, -0.05) is 12.1 Å². The molecule has 1 atom stereocenters. The maximum absolute atomic E-state index is 12.2. The molecule has 2 rings (SSSR count). The number of hydrogen-bond donors (Lipinski definition) is 6. The van der Waals surface area contributed by atoms with Crippen LogP contribution < -0.4 is 10.6 Å². The maximum Gasteiger partial charge on any atom is 0.326 e. The Labute approximate surface area is 173 Å². The van der Waals surface area contributed by atoms with Crippen LogP contribution in [0.5, 0.6) is 17.2 Å². The lowest BCUT2D eigenvalue weighted by atomic mass is 10.1. The van der Waals surface area contributed by atoms with Crippen LogP contribution in [0.1, 0.15) is 34.3 Å². The average Bonchev–Trinajstić information content (AvgIpc) is 2.69. The van der Waals surface area contributed by atoms with Crippen molar-refractivity contribution in [3.05, 3.63) is 53.1 Å². The first-order valence-electron chi connectivity index (χ1n) is 9.28. The molecule has 0 heterocycles. The van der Waals surface area contributed by atoms with Gasteiger partial charge in [0.1, 0.15) is 11.8 Å². The van der Waals surface area contributed by atoms with Crippen molar-refractivity contribution in [1.82, 2.24) is 10.6 Å². The summed E-state index contributed by atoms with van der Waals surface area (Å²) in [6.07, 6.45) is 0.332. The second kappa shape index (κ2) is 10.1. The van der Waals surface area contributed by atoms with Crippen LogP contribution in [0.4, 0.5) is 0 Å². The Bertz CT molecular complexity index is 943. The molecule has 0 radical (unpaired) electrons. The average molecular weight is 416 g/mol. The molecular weight excluding hydrogens is 392 g/mol. The van der Waals surface area contributed by atoms with Gasteiger partial charge in [0.15, 0.2) is 11.5 Å². The number of carboxylic acids is 1. The second-order valence-corrected chi connectivity index (χ2v) is 6.83. The summed E-state index contributed by atoms with van der Waals surface area (Å²) >= 11 is 0. The first kappa shape index (κ1) is 22.5. The van der Waals surface area contributed by atoms with Crippen molar-refractivity contribution in [2.75, 3.05) is 6.54 Å². The lowest BCUT2D eigenvalue weighted by molar-refractivity contribution is -0.139. The van der Waals surface area contributed by atoms with Crippen LogP contribution in [0.3, 0.4) is 0 Å². The summed E-state index contributed by atoms with van der Waals surface area (Å²) in [5, 5.41) is 42.5. The molecule has 30 heavy (non-hydrogen) atoms. The lowest BCUT2D eigenvalue weighted by Crippen LogP contribution is -2.41. The summed E-state index contributed by atoms with van der Waals surface area (Å²) in [6, 6.07) is 7.23. The zero-order valence-corrected chi connectivity index (χ0v) is 16.4. The predicted molar refractivity (Wildman–Crippen MR) is 107 cm³/mol. The number of aliphatic carboxylic acids is 1. The topological polar surface area (TPSA) is 156 Å². The molecule has 0 aromatic heterocycles. The summed E-state index contributed by atoms with van der Waals surface area (Å²) in [5.41, 5.74) is 1.66. The molecular formula is C21H24N2O7. The minimum Gasteiger partial charge on any atom is -0.508 e. The fourth-order valence-corrected chi connectivity index (χ4v) is 2.75. The van der Waals surface area contributed by atoms with E-state index in [1.54, 1.807) is 19.1 Å². The number of aromatic hydroxyl groups is 3. The Morgan fingerprint density at radius 1 is 0.967 bits per heavy atom. The quantitative estimate of drug-likeness (QED) is 0.338. The molecule has 0 bridgehead atoms. The van der Waals surface area contributed by atoms with Gasteiger partial charge in [-0.15, -0.1) is 0 Å². The molecule has 2 aromatic carbocycles. The number of amides is 2. The highest BCUT2D eigenvalue weighted by Crippen LogP contribution is 2.24. The minimum absolute atomic E-state index is 0.0230. The highest BCUT2D eigenvalue weighted by Gasteiger charge is 2.22. The van der Waals surface area contributed by atoms with Gasteiger partial charge in [-0.05, 0) is 55.2 Å². The van der Waals surface area contributed by atoms with Crippen molar-refractivity contribution in [2.45, 2.75) is 32.2 Å². The Morgan fingerprint density at radius 2 is 1.67 bits per heavy atom. The van der Waals surface area contributed by atoms with Crippen molar-refractivity contribution >= 4 is 17.8 Å². The number of aryl methyl sites for hydroxylation is 1. The van der Waals surface area contributed by atoms with Crippen molar-refractivity contribution in [3.8, 4) is 17.2 Å². The number of nitrogens with one attached hydrogen (secondary N) is 2. The van der Waals surface area contributed by atoms with Gasteiger partial charge in [0.2, 0.25) is 5.91 Å². The van der Waals surface area contributed by atoms with Crippen molar-refractivity contribution in [2.24, 2.45) is 0 Å². The fraction of sp³-hybridized carbons (Fsp3) is 0.286. The largest absolute Gasteiger partial charge is 0.508 e. The van der Waals surface area contributed by atoms with E-state index in [-0.39, 0.29) is 30.1 Å². The predicted octanol–water partition coefficient (Wildman–Crippen LogP) is 1.43. The van der Waals surface area contributed by atoms with Crippen molar-refractivity contribution < 1.29 is 34.8 Å². The molecule has 6 N–H and O–H groups in total. The summed E-state index contributed by atoms with van der Waals surface area (Å²) in [6.45, 7) is 2.12. The molecule has 9 nitrogen and oxygen atoms in total. The molecule has 0 aliphatic heterocycles. The molecule has 0 spiro atoms. The summed E-state index contributed by atoms with van der Waals surface area (Å²) in [7, 11) is 0. The first-order chi connectivity index (χ1) is 14.2. The van der Waals surface area contributed by atoms with Gasteiger partial charge in [0.25, 0.3) is 5.91 Å². The molecule has 0 aliphatic rings. The van der Waals surface area contributed by atoms with E-state index in [0.717, 1.165) is 23.3 Å². The van der Waals surface area contributed by atoms with E-state index in [2.05, 4.69) is 10.6 Å². The molecule has 0 fully saturated rings. The van der Waals surface area contributed by atoms with Crippen LogP contribution in [0.15, 0.2) is 36.4 Å². The van der Waals surface area contributed by atoms with Crippen LogP contribution in [0.25, 0.3) is 0 Å². The molecule has 2 aromatic rings. The number of hydrogen-bond acceptors (Lipinski definition) is 6. The van der Waals surface area contributed by atoms with Gasteiger partial charge < -0.3 is 31.1 Å². The number of benzene rings is 2. The van der Waals surface area contributed by atoms with Crippen LogP contribution in [-0.2, 0) is 16.0 Å². The standard InChI is InChI=1S/C21H24N2O7/c1-12-10-13(2-5-16(12)24)8-9-22-19(27)7-4-15(21(29)30)23-20(28)14-3-6-17(25)18(26)11-14/h2-3,5-6,10-11,15,24-26H,4,7-9H2,1H3,(H,22,27)(H,23,28)(H,29,30). The number of phenols is 3. The number of phenolic OH excluding ortho intramolecular Hbond substituents is 3. The number of carbonyl (C=O) groups is 3. The van der Waals surface area contributed by atoms with Crippen LogP contribution >= 0.6 is 0 Å². The van der Waals surface area contributed by atoms with E-state index < -0.39 is 29.4 Å². The maximum atomic E-state index is 12.2. The Kier molecular flexibility index (Phi) is 7.62. The third kappa shape index (κ3) is 6.40. The highest BCUT2D eigenvalue weighted by atomic mass is 16.4. The molecule has 160 valence electrons. The fourth-order valence-electron chi connectivity index (χ4n) is 2.75. The Hall–Kier alpha value is -3.75. The van der Waals surface area contributed by atoms with E-state index in [1.807, 2.05) is 6.07 Å². The first-order valence-corrected chi connectivity index (χ1v) is 9.28. The molecule has 2 amide bonds. The molecule has 0 aliphatic carbocycles. The summed E-state index contributed by atoms with van der Waals surface area (Å²) in [4.78, 5) is 35.6. The van der Waals surface area contributed by atoms with Gasteiger partial charge in [-0.25, -0.2) is 4.79 Å². The van der Waals surface area contributed by atoms with Gasteiger partial charge in [-0.3, -0.25) is 9.59 Å². The second-order valence-electron chi connectivity index (χ2n) is 6.83. The smallest absolute Gasteiger partial charge is 0.326 e. The zero-order chi connectivity index (χ0) is 22.3. The van der Waals surface area contributed by atoms with Crippen LogP contribution in [0, 0.1) is 6.92 Å². The number of carbonyl (C=O) groups excluding carboxylic acids is 2. The van der Waals surface area contributed by atoms with Crippen LogP contribution in [0.2, 0.25) is 0 Å². The van der Waals surface area contributed by atoms with E-state index in [4.69, 9.17) is 0 Å². The van der Waals surface area contributed by atoms with Crippen LogP contribution in [-0.4, -0.2) is 50.8 Å². The van der Waals surface area contributed by atoms with E-state index >= 15 is 0 Å². The third-order valence-electron chi connectivity index (χ3n) is 4.50. The molecule has 9 heteroatoms. The molecule has 0 saturated carbocycles. The van der Waals surface area contributed by atoms with Gasteiger partial charge in [0.05, 0.1) is 0 Å².